The highest BCUT2D eigenvalue weighted by Gasteiger charge is 2.30. The minimum absolute atomic E-state index is 0.0584. The zero-order chi connectivity index (χ0) is 18.6. The van der Waals surface area contributed by atoms with E-state index in [2.05, 4.69) is 15.2 Å². The van der Waals surface area contributed by atoms with Crippen LogP contribution in [-0.2, 0) is 11.2 Å². The van der Waals surface area contributed by atoms with E-state index in [-0.39, 0.29) is 24.2 Å². The lowest BCUT2D eigenvalue weighted by atomic mass is 10.00. The smallest absolute Gasteiger partial charge is 0.227 e. The van der Waals surface area contributed by atoms with Gasteiger partial charge in [-0.05, 0) is 30.9 Å². The SMILES string of the molecule is O=C(Cc1ccccc1F)N1CCCCC1c1nc(-c2ccccc2)n[nH]1. The number of piperidine rings is 1. The van der Waals surface area contributed by atoms with E-state index in [9.17, 15) is 9.18 Å². The van der Waals surface area contributed by atoms with E-state index in [1.807, 2.05) is 35.2 Å². The Hall–Kier alpha value is -3.02. The molecule has 4 rings (SSSR count). The van der Waals surface area contributed by atoms with Crippen molar-refractivity contribution in [3.8, 4) is 11.4 Å². The molecule has 2 heterocycles. The fourth-order valence-corrected chi connectivity index (χ4v) is 3.56. The molecular weight excluding hydrogens is 343 g/mol. The van der Waals surface area contributed by atoms with E-state index in [0.29, 0.717) is 23.8 Å². The second-order valence-electron chi connectivity index (χ2n) is 6.78. The first-order valence-electron chi connectivity index (χ1n) is 9.23. The molecule has 2 aromatic carbocycles. The summed E-state index contributed by atoms with van der Waals surface area (Å²) in [6.45, 7) is 0.652. The first-order valence-corrected chi connectivity index (χ1v) is 9.23. The monoisotopic (exact) mass is 364 g/mol. The highest BCUT2D eigenvalue weighted by Crippen LogP contribution is 2.30. The van der Waals surface area contributed by atoms with Gasteiger partial charge in [0.1, 0.15) is 11.6 Å². The highest BCUT2D eigenvalue weighted by molar-refractivity contribution is 5.79. The van der Waals surface area contributed by atoms with Crippen LogP contribution in [0.3, 0.4) is 0 Å². The number of amides is 1. The molecule has 1 aromatic heterocycles. The Bertz CT molecular complexity index is 925. The Morgan fingerprint density at radius 1 is 1.11 bits per heavy atom. The number of rotatable bonds is 4. The van der Waals surface area contributed by atoms with Crippen molar-refractivity contribution in [2.75, 3.05) is 6.54 Å². The summed E-state index contributed by atoms with van der Waals surface area (Å²) in [6.07, 6.45) is 2.85. The maximum atomic E-state index is 13.9. The highest BCUT2D eigenvalue weighted by atomic mass is 19.1. The van der Waals surface area contributed by atoms with Crippen LogP contribution in [0.4, 0.5) is 4.39 Å². The van der Waals surface area contributed by atoms with E-state index in [4.69, 9.17) is 0 Å². The summed E-state index contributed by atoms with van der Waals surface area (Å²) in [5, 5.41) is 7.32. The predicted molar refractivity (Wildman–Crippen MR) is 100 cm³/mol. The third-order valence-electron chi connectivity index (χ3n) is 4.97. The second-order valence-corrected chi connectivity index (χ2v) is 6.78. The van der Waals surface area contributed by atoms with E-state index < -0.39 is 0 Å². The van der Waals surface area contributed by atoms with Crippen molar-refractivity contribution in [1.82, 2.24) is 20.1 Å². The predicted octanol–water partition coefficient (Wildman–Crippen LogP) is 3.91. The molecular formula is C21H21FN4O. The molecule has 6 heteroatoms. The van der Waals surface area contributed by atoms with Gasteiger partial charge in [0.05, 0.1) is 12.5 Å². The topological polar surface area (TPSA) is 61.9 Å². The van der Waals surface area contributed by atoms with E-state index >= 15 is 0 Å². The number of H-pyrrole nitrogens is 1. The summed E-state index contributed by atoms with van der Waals surface area (Å²) in [4.78, 5) is 19.3. The van der Waals surface area contributed by atoms with Crippen molar-refractivity contribution in [2.24, 2.45) is 0 Å². The van der Waals surface area contributed by atoms with Gasteiger partial charge in [-0.3, -0.25) is 9.89 Å². The Morgan fingerprint density at radius 3 is 2.70 bits per heavy atom. The quantitative estimate of drug-likeness (QED) is 0.764. The van der Waals surface area contributed by atoms with Crippen LogP contribution in [0.15, 0.2) is 54.6 Å². The molecule has 1 N–H and O–H groups in total. The number of halogens is 1. The Kier molecular flexibility index (Phi) is 4.96. The number of carbonyl (C=O) groups is 1. The van der Waals surface area contributed by atoms with Crippen LogP contribution in [0.2, 0.25) is 0 Å². The zero-order valence-corrected chi connectivity index (χ0v) is 14.9. The number of benzene rings is 2. The normalized spacial score (nSPS) is 17.1. The lowest BCUT2D eigenvalue weighted by molar-refractivity contribution is -0.134. The minimum atomic E-state index is -0.342. The van der Waals surface area contributed by atoms with Gasteiger partial charge in [-0.15, -0.1) is 0 Å². The minimum Gasteiger partial charge on any atom is -0.332 e. The molecule has 3 aromatic rings. The third kappa shape index (κ3) is 3.74. The van der Waals surface area contributed by atoms with Crippen molar-refractivity contribution < 1.29 is 9.18 Å². The number of nitrogens with zero attached hydrogens (tertiary/aromatic N) is 3. The molecule has 1 saturated heterocycles. The number of aromatic nitrogens is 3. The summed E-state index contributed by atoms with van der Waals surface area (Å²) in [6, 6.07) is 16.0. The van der Waals surface area contributed by atoms with Gasteiger partial charge in [-0.2, -0.15) is 5.10 Å². The van der Waals surface area contributed by atoms with Crippen LogP contribution in [0.1, 0.15) is 36.7 Å². The molecule has 1 fully saturated rings. The van der Waals surface area contributed by atoms with E-state index in [1.165, 1.54) is 6.07 Å². The summed E-state index contributed by atoms with van der Waals surface area (Å²) in [5.41, 5.74) is 1.36. The zero-order valence-electron chi connectivity index (χ0n) is 14.9. The number of carbonyl (C=O) groups excluding carboxylic acids is 1. The van der Waals surface area contributed by atoms with Gasteiger partial charge in [0.15, 0.2) is 5.82 Å². The first kappa shape index (κ1) is 17.4. The molecule has 1 unspecified atom stereocenters. The van der Waals surface area contributed by atoms with E-state index in [1.54, 1.807) is 18.2 Å². The Labute approximate surface area is 157 Å². The maximum Gasteiger partial charge on any atom is 0.227 e. The van der Waals surface area contributed by atoms with Gasteiger partial charge >= 0.3 is 0 Å². The van der Waals surface area contributed by atoms with Gasteiger partial charge < -0.3 is 4.90 Å². The summed E-state index contributed by atoms with van der Waals surface area (Å²) < 4.78 is 13.9. The molecule has 0 bridgehead atoms. The number of nitrogens with one attached hydrogen (secondary N) is 1. The van der Waals surface area contributed by atoms with E-state index in [0.717, 1.165) is 24.8 Å². The van der Waals surface area contributed by atoms with Gasteiger partial charge in [-0.1, -0.05) is 48.5 Å². The molecule has 0 aliphatic carbocycles. The van der Waals surface area contributed by atoms with Crippen LogP contribution in [0, 0.1) is 5.82 Å². The summed E-state index contributed by atoms with van der Waals surface area (Å²) in [7, 11) is 0. The van der Waals surface area contributed by atoms with Crippen LogP contribution < -0.4 is 0 Å². The van der Waals surface area contributed by atoms with Gasteiger partial charge in [0, 0.05) is 12.1 Å². The lowest BCUT2D eigenvalue weighted by Gasteiger charge is -2.34. The molecule has 1 aliphatic heterocycles. The van der Waals surface area contributed by atoms with Crippen LogP contribution in [-0.4, -0.2) is 32.5 Å². The molecule has 0 radical (unpaired) electrons. The molecule has 1 aliphatic rings. The second kappa shape index (κ2) is 7.70. The van der Waals surface area contributed by atoms with Crippen molar-refractivity contribution in [3.63, 3.8) is 0 Å². The van der Waals surface area contributed by atoms with Gasteiger partial charge in [-0.25, -0.2) is 9.37 Å². The average Bonchev–Trinajstić information content (AvgIpc) is 3.20. The van der Waals surface area contributed by atoms with Crippen LogP contribution in [0.5, 0.6) is 0 Å². The van der Waals surface area contributed by atoms with Crippen LogP contribution in [0.25, 0.3) is 11.4 Å². The summed E-state index contributed by atoms with van der Waals surface area (Å²) >= 11 is 0. The Balaban J connectivity index is 1.55. The average molecular weight is 364 g/mol. The molecule has 0 spiro atoms. The van der Waals surface area contributed by atoms with Gasteiger partial charge in [0.25, 0.3) is 0 Å². The standard InChI is InChI=1S/C21H21FN4O/c22-17-11-5-4-10-16(17)14-19(27)26-13-7-6-12-18(26)21-23-20(24-25-21)15-8-2-1-3-9-15/h1-5,8-11,18H,6-7,12-14H2,(H,23,24,25). The van der Waals surface area contributed by atoms with Crippen molar-refractivity contribution in [2.45, 2.75) is 31.7 Å². The molecule has 27 heavy (non-hydrogen) atoms. The fourth-order valence-electron chi connectivity index (χ4n) is 3.56. The Morgan fingerprint density at radius 2 is 1.89 bits per heavy atom. The summed E-state index contributed by atoms with van der Waals surface area (Å²) in [5.74, 6) is 0.890. The molecule has 5 nitrogen and oxygen atoms in total. The number of hydrogen-bond acceptors (Lipinski definition) is 3. The van der Waals surface area contributed by atoms with Crippen molar-refractivity contribution >= 4 is 5.91 Å². The third-order valence-corrected chi connectivity index (χ3v) is 4.97. The largest absolute Gasteiger partial charge is 0.332 e. The van der Waals surface area contributed by atoms with Crippen molar-refractivity contribution in [3.05, 3.63) is 71.8 Å². The maximum absolute atomic E-state index is 13.9. The molecule has 0 saturated carbocycles. The van der Waals surface area contributed by atoms with Crippen molar-refractivity contribution in [1.29, 1.82) is 0 Å². The number of aromatic amines is 1. The molecule has 1 amide bonds. The molecule has 1 atom stereocenters. The van der Waals surface area contributed by atoms with Gasteiger partial charge in [0.2, 0.25) is 5.91 Å². The molecule has 138 valence electrons. The fraction of sp³-hybridized carbons (Fsp3) is 0.286. The number of hydrogen-bond donors (Lipinski definition) is 1. The first-order chi connectivity index (χ1) is 13.2. The van der Waals surface area contributed by atoms with Crippen LogP contribution >= 0.6 is 0 Å². The number of likely N-dealkylation sites (tertiary alicyclic amines) is 1. The lowest BCUT2D eigenvalue weighted by Crippen LogP contribution is -2.40.